The average Bonchev–Trinajstić information content (AvgIpc) is 2.74. The van der Waals surface area contributed by atoms with Gasteiger partial charge in [0.15, 0.2) is 5.78 Å². The van der Waals surface area contributed by atoms with Crippen LogP contribution in [0.15, 0.2) is 84.9 Å². The van der Waals surface area contributed by atoms with Crippen LogP contribution >= 0.6 is 0 Å². The van der Waals surface area contributed by atoms with Gasteiger partial charge < -0.3 is 5.32 Å². The lowest BCUT2D eigenvalue weighted by atomic mass is 9.95. The molecule has 3 aromatic rings. The SMILES string of the molecule is C[C@H](NC(=O)[C@H](C)c1cccc(C(=O)c2ccccc2)c1)c1ccccc1. The van der Waals surface area contributed by atoms with Gasteiger partial charge in [-0.15, -0.1) is 0 Å². The van der Waals surface area contributed by atoms with Gasteiger partial charge in [-0.2, -0.15) is 0 Å². The summed E-state index contributed by atoms with van der Waals surface area (Å²) in [6.45, 7) is 3.83. The summed E-state index contributed by atoms with van der Waals surface area (Å²) in [5.41, 5.74) is 3.12. The first-order valence-corrected chi connectivity index (χ1v) is 9.11. The van der Waals surface area contributed by atoms with Crippen LogP contribution in [0, 0.1) is 0 Å². The molecule has 0 unspecified atom stereocenters. The Labute approximate surface area is 160 Å². The molecule has 3 heteroatoms. The third kappa shape index (κ3) is 4.50. The van der Waals surface area contributed by atoms with E-state index in [2.05, 4.69) is 5.32 Å². The molecule has 0 fully saturated rings. The second-order valence-electron chi connectivity index (χ2n) is 6.68. The Kier molecular flexibility index (Phi) is 5.82. The van der Waals surface area contributed by atoms with Crippen LogP contribution in [-0.2, 0) is 4.79 Å². The highest BCUT2D eigenvalue weighted by atomic mass is 16.2. The zero-order valence-electron chi connectivity index (χ0n) is 15.6. The molecule has 0 heterocycles. The predicted molar refractivity (Wildman–Crippen MR) is 108 cm³/mol. The Balaban J connectivity index is 1.74. The van der Waals surface area contributed by atoms with E-state index in [9.17, 15) is 9.59 Å². The largest absolute Gasteiger partial charge is 0.349 e. The van der Waals surface area contributed by atoms with Crippen LogP contribution in [0.4, 0.5) is 0 Å². The lowest BCUT2D eigenvalue weighted by molar-refractivity contribution is -0.122. The van der Waals surface area contributed by atoms with Crippen LogP contribution < -0.4 is 5.32 Å². The van der Waals surface area contributed by atoms with Gasteiger partial charge in [-0.05, 0) is 31.0 Å². The summed E-state index contributed by atoms with van der Waals surface area (Å²) in [6.07, 6.45) is 0. The molecular weight excluding hydrogens is 334 g/mol. The highest BCUT2D eigenvalue weighted by Crippen LogP contribution is 2.21. The van der Waals surface area contributed by atoms with Crippen molar-refractivity contribution in [1.82, 2.24) is 5.32 Å². The minimum Gasteiger partial charge on any atom is -0.349 e. The lowest BCUT2D eigenvalue weighted by Gasteiger charge is -2.18. The van der Waals surface area contributed by atoms with E-state index in [1.807, 2.05) is 80.6 Å². The van der Waals surface area contributed by atoms with Crippen molar-refractivity contribution in [2.45, 2.75) is 25.8 Å². The van der Waals surface area contributed by atoms with Crippen molar-refractivity contribution < 1.29 is 9.59 Å². The van der Waals surface area contributed by atoms with E-state index in [4.69, 9.17) is 0 Å². The number of rotatable bonds is 6. The quantitative estimate of drug-likeness (QED) is 0.638. The van der Waals surface area contributed by atoms with Crippen LogP contribution in [-0.4, -0.2) is 11.7 Å². The number of benzene rings is 3. The average molecular weight is 357 g/mol. The van der Waals surface area contributed by atoms with E-state index in [-0.39, 0.29) is 23.7 Å². The Morgan fingerprint density at radius 2 is 1.26 bits per heavy atom. The maximum Gasteiger partial charge on any atom is 0.227 e. The molecule has 3 rings (SSSR count). The molecule has 3 nitrogen and oxygen atoms in total. The highest BCUT2D eigenvalue weighted by Gasteiger charge is 2.19. The molecule has 1 amide bonds. The lowest BCUT2D eigenvalue weighted by Crippen LogP contribution is -2.30. The van der Waals surface area contributed by atoms with Crippen molar-refractivity contribution >= 4 is 11.7 Å². The number of hydrogen-bond acceptors (Lipinski definition) is 2. The van der Waals surface area contributed by atoms with Gasteiger partial charge in [0.25, 0.3) is 0 Å². The first kappa shape index (κ1) is 18.6. The molecule has 0 aromatic heterocycles. The van der Waals surface area contributed by atoms with E-state index < -0.39 is 0 Å². The minimum atomic E-state index is -0.348. The first-order valence-electron chi connectivity index (χ1n) is 9.11. The predicted octanol–water partition coefficient (Wildman–Crippen LogP) is 4.90. The fourth-order valence-corrected chi connectivity index (χ4v) is 3.02. The molecule has 0 aliphatic heterocycles. The summed E-state index contributed by atoms with van der Waals surface area (Å²) >= 11 is 0. The van der Waals surface area contributed by atoms with Crippen LogP contribution in [0.3, 0.4) is 0 Å². The molecule has 1 N–H and O–H groups in total. The maximum atomic E-state index is 12.7. The van der Waals surface area contributed by atoms with Gasteiger partial charge in [-0.25, -0.2) is 0 Å². The first-order chi connectivity index (χ1) is 13.1. The highest BCUT2D eigenvalue weighted by molar-refractivity contribution is 6.09. The second kappa shape index (κ2) is 8.45. The molecule has 0 saturated carbocycles. The number of ketones is 1. The number of carbonyl (C=O) groups excluding carboxylic acids is 2. The van der Waals surface area contributed by atoms with Gasteiger partial charge in [-0.1, -0.05) is 78.9 Å². The Bertz CT molecular complexity index is 919. The summed E-state index contributed by atoms with van der Waals surface area (Å²) in [4.78, 5) is 25.3. The van der Waals surface area contributed by atoms with Gasteiger partial charge in [0.1, 0.15) is 0 Å². The van der Waals surface area contributed by atoms with E-state index >= 15 is 0 Å². The summed E-state index contributed by atoms with van der Waals surface area (Å²) in [6, 6.07) is 26.3. The molecule has 27 heavy (non-hydrogen) atoms. The zero-order chi connectivity index (χ0) is 19.2. The Morgan fingerprint density at radius 3 is 1.93 bits per heavy atom. The fraction of sp³-hybridized carbons (Fsp3) is 0.167. The molecule has 0 saturated heterocycles. The summed E-state index contributed by atoms with van der Waals surface area (Å²) in [5, 5.41) is 3.05. The fourth-order valence-electron chi connectivity index (χ4n) is 3.02. The number of hydrogen-bond donors (Lipinski definition) is 1. The minimum absolute atomic E-state index is 0.0392. The molecule has 0 radical (unpaired) electrons. The van der Waals surface area contributed by atoms with Crippen molar-refractivity contribution in [3.8, 4) is 0 Å². The Hall–Kier alpha value is -3.20. The maximum absolute atomic E-state index is 12.7. The molecule has 136 valence electrons. The van der Waals surface area contributed by atoms with Gasteiger partial charge in [0.2, 0.25) is 5.91 Å². The summed E-state index contributed by atoms with van der Waals surface area (Å²) in [7, 11) is 0. The number of carbonyl (C=O) groups is 2. The normalized spacial score (nSPS) is 12.8. The van der Waals surface area contributed by atoms with Crippen LogP contribution in [0.2, 0.25) is 0 Å². The van der Waals surface area contributed by atoms with Gasteiger partial charge in [0, 0.05) is 11.1 Å². The number of nitrogens with one attached hydrogen (secondary N) is 1. The second-order valence-corrected chi connectivity index (χ2v) is 6.68. The summed E-state index contributed by atoms with van der Waals surface area (Å²) in [5.74, 6) is -0.446. The van der Waals surface area contributed by atoms with Gasteiger partial charge >= 0.3 is 0 Å². The van der Waals surface area contributed by atoms with Crippen molar-refractivity contribution in [3.05, 3.63) is 107 Å². The molecule has 2 atom stereocenters. The van der Waals surface area contributed by atoms with Crippen LogP contribution in [0.5, 0.6) is 0 Å². The van der Waals surface area contributed by atoms with E-state index in [1.54, 1.807) is 18.2 Å². The topological polar surface area (TPSA) is 46.2 Å². The molecule has 0 spiro atoms. The van der Waals surface area contributed by atoms with Crippen molar-refractivity contribution in [1.29, 1.82) is 0 Å². The van der Waals surface area contributed by atoms with Gasteiger partial charge in [-0.3, -0.25) is 9.59 Å². The molecular formula is C24H23NO2. The molecule has 3 aromatic carbocycles. The smallest absolute Gasteiger partial charge is 0.227 e. The standard InChI is InChI=1S/C24H23NO2/c1-17(24(27)25-18(2)19-10-5-3-6-11-19)21-14-9-15-22(16-21)23(26)20-12-7-4-8-13-20/h3-18H,1-2H3,(H,25,27)/t17-,18+/m1/s1. The van der Waals surface area contributed by atoms with Crippen molar-refractivity contribution in [2.75, 3.05) is 0 Å². The van der Waals surface area contributed by atoms with Crippen LogP contribution in [0.25, 0.3) is 0 Å². The number of amides is 1. The third-order valence-corrected chi connectivity index (χ3v) is 4.74. The summed E-state index contributed by atoms with van der Waals surface area (Å²) < 4.78 is 0. The third-order valence-electron chi connectivity index (χ3n) is 4.74. The monoisotopic (exact) mass is 357 g/mol. The molecule has 0 aliphatic carbocycles. The van der Waals surface area contributed by atoms with Gasteiger partial charge in [0.05, 0.1) is 12.0 Å². The molecule has 0 aliphatic rings. The van der Waals surface area contributed by atoms with E-state index in [0.29, 0.717) is 11.1 Å². The molecule has 0 bridgehead atoms. The van der Waals surface area contributed by atoms with Crippen LogP contribution in [0.1, 0.15) is 52.9 Å². The van der Waals surface area contributed by atoms with E-state index in [1.165, 1.54) is 0 Å². The van der Waals surface area contributed by atoms with Crippen molar-refractivity contribution in [3.63, 3.8) is 0 Å². The van der Waals surface area contributed by atoms with Crippen molar-refractivity contribution in [2.24, 2.45) is 0 Å². The van der Waals surface area contributed by atoms with E-state index in [0.717, 1.165) is 11.1 Å². The zero-order valence-corrected chi connectivity index (χ0v) is 15.6. The Morgan fingerprint density at radius 1 is 0.704 bits per heavy atom.